The van der Waals surface area contributed by atoms with Crippen LogP contribution in [0.2, 0.25) is 0 Å². The van der Waals surface area contributed by atoms with Gasteiger partial charge in [-0.15, -0.1) is 0 Å². The standard InChI is InChI=1S/C29H33BN6/c1-19(2)16-24(32)18-34-28-15-13-26-29(21-8-10-23(31)11-9-21)25-12-14-27(35(25)30-36(26)28)33-17-22-7-5-4-6-20(22)3/h4-15,18-19,33-34H,16-17,31-32H2,1-3H3/q+1. The number of hydrogen-bond acceptors (Lipinski definition) is 4. The number of nitrogens with two attached hydrogens (primary N) is 2. The second kappa shape index (κ2) is 9.86. The summed E-state index contributed by atoms with van der Waals surface area (Å²) in [6.07, 6.45) is 7.07. The lowest BCUT2D eigenvalue weighted by Gasteiger charge is -2.22. The minimum absolute atomic E-state index is 0.505. The van der Waals surface area contributed by atoms with E-state index < -0.39 is 0 Å². The maximum Gasteiger partial charge on any atom is 0.553 e. The van der Waals surface area contributed by atoms with Crippen LogP contribution in [0, 0.1) is 12.8 Å². The first-order valence-corrected chi connectivity index (χ1v) is 12.4. The van der Waals surface area contributed by atoms with Crippen molar-refractivity contribution in [3.05, 3.63) is 113 Å². The molecule has 0 atom stereocenters. The van der Waals surface area contributed by atoms with Gasteiger partial charge in [-0.05, 0) is 66.3 Å². The highest BCUT2D eigenvalue weighted by Crippen LogP contribution is 2.35. The monoisotopic (exact) mass is 476 g/mol. The van der Waals surface area contributed by atoms with Crippen molar-refractivity contribution in [3.8, 4) is 0 Å². The molecule has 0 saturated carbocycles. The number of benzene rings is 2. The molecule has 36 heavy (non-hydrogen) atoms. The summed E-state index contributed by atoms with van der Waals surface area (Å²) in [6.45, 7) is 7.23. The summed E-state index contributed by atoms with van der Waals surface area (Å²) in [5, 5.41) is 7.06. The molecule has 6 N–H and O–H groups in total. The number of anilines is 2. The molecular weight excluding hydrogens is 443 g/mol. The summed E-state index contributed by atoms with van der Waals surface area (Å²) in [7, 11) is 2.13. The van der Waals surface area contributed by atoms with Gasteiger partial charge in [0.1, 0.15) is 18.1 Å². The van der Waals surface area contributed by atoms with Gasteiger partial charge in [-0.25, -0.2) is 0 Å². The van der Waals surface area contributed by atoms with E-state index in [1.165, 1.54) is 11.1 Å². The molecule has 0 aliphatic carbocycles. The molecule has 7 heteroatoms. The van der Waals surface area contributed by atoms with E-state index in [1.54, 1.807) is 0 Å². The van der Waals surface area contributed by atoms with Crippen LogP contribution in [0.1, 0.15) is 42.7 Å². The van der Waals surface area contributed by atoms with Gasteiger partial charge in [0.2, 0.25) is 0 Å². The Hall–Kier alpha value is -4.13. The smallest absolute Gasteiger partial charge is 0.401 e. The van der Waals surface area contributed by atoms with Crippen LogP contribution in [0.3, 0.4) is 0 Å². The fourth-order valence-electron chi connectivity index (χ4n) is 4.70. The van der Waals surface area contributed by atoms with E-state index >= 15 is 0 Å². The number of nitrogen functional groups attached to an aromatic ring is 1. The summed E-state index contributed by atoms with van der Waals surface area (Å²) in [6, 6.07) is 20.8. The van der Waals surface area contributed by atoms with Gasteiger partial charge in [-0.3, -0.25) is 9.80 Å². The van der Waals surface area contributed by atoms with Gasteiger partial charge in [-0.2, -0.15) is 0 Å². The molecule has 3 aromatic rings. The van der Waals surface area contributed by atoms with Crippen molar-refractivity contribution in [2.75, 3.05) is 11.1 Å². The normalized spacial score (nSPS) is 14.7. The third-order valence-electron chi connectivity index (χ3n) is 6.55. The molecule has 0 spiro atoms. The molecule has 181 valence electrons. The van der Waals surface area contributed by atoms with Crippen LogP contribution in [0.5, 0.6) is 0 Å². The highest BCUT2D eigenvalue weighted by Gasteiger charge is 2.34. The van der Waals surface area contributed by atoms with E-state index in [4.69, 9.17) is 11.5 Å². The average molecular weight is 476 g/mol. The molecule has 0 amide bonds. The molecule has 5 rings (SSSR count). The first kappa shape index (κ1) is 23.6. The zero-order valence-electron chi connectivity index (χ0n) is 21.1. The quantitative estimate of drug-likeness (QED) is 0.298. The summed E-state index contributed by atoms with van der Waals surface area (Å²) in [4.78, 5) is 0. The summed E-state index contributed by atoms with van der Waals surface area (Å²) >= 11 is 0. The molecule has 0 bridgehead atoms. The largest absolute Gasteiger partial charge is 0.553 e. The van der Waals surface area contributed by atoms with Crippen LogP contribution < -0.4 is 22.1 Å². The molecule has 0 unspecified atom stereocenters. The lowest BCUT2D eigenvalue weighted by Crippen LogP contribution is -2.37. The van der Waals surface area contributed by atoms with Crippen LogP contribution in [0.15, 0.2) is 90.4 Å². The molecule has 2 aliphatic heterocycles. The highest BCUT2D eigenvalue weighted by atomic mass is 15.2. The number of rotatable bonds is 7. The topological polar surface area (TPSA) is 84.0 Å². The van der Waals surface area contributed by atoms with E-state index in [1.807, 2.05) is 18.3 Å². The molecular formula is C29H33BN6+. The average Bonchev–Trinajstić information content (AvgIpc) is 3.45. The van der Waals surface area contributed by atoms with Crippen LogP contribution in [-0.2, 0) is 6.54 Å². The van der Waals surface area contributed by atoms with E-state index in [0.717, 1.165) is 58.5 Å². The molecule has 6 nitrogen and oxygen atoms in total. The Morgan fingerprint density at radius 2 is 1.83 bits per heavy atom. The third kappa shape index (κ3) is 4.69. The fraction of sp³-hybridized carbons (Fsp3) is 0.207. The van der Waals surface area contributed by atoms with Crippen molar-refractivity contribution in [1.82, 2.24) is 9.79 Å². The third-order valence-corrected chi connectivity index (χ3v) is 6.55. The molecule has 0 saturated heterocycles. The molecule has 1 radical (unpaired) electrons. The lowest BCUT2D eigenvalue weighted by molar-refractivity contribution is -0.315. The number of aryl methyl sites for hydroxylation is 1. The van der Waals surface area contributed by atoms with Crippen molar-refractivity contribution >= 4 is 30.5 Å². The summed E-state index contributed by atoms with van der Waals surface area (Å²) < 4.78 is 4.39. The number of nitrogens with zero attached hydrogens (tertiary/aromatic N) is 2. The zero-order valence-corrected chi connectivity index (χ0v) is 21.1. The van der Waals surface area contributed by atoms with E-state index in [0.29, 0.717) is 5.92 Å². The molecule has 2 aliphatic rings. The minimum atomic E-state index is 0.505. The first-order chi connectivity index (χ1) is 17.4. The van der Waals surface area contributed by atoms with Crippen LogP contribution >= 0.6 is 0 Å². The van der Waals surface area contributed by atoms with Gasteiger partial charge in [-0.1, -0.05) is 50.2 Å². The van der Waals surface area contributed by atoms with E-state index in [2.05, 4.69) is 109 Å². The molecule has 1 aromatic heterocycles. The number of fused-ring (bicyclic) bond motifs is 2. The van der Waals surface area contributed by atoms with Crippen molar-refractivity contribution in [2.45, 2.75) is 33.7 Å². The Balaban J connectivity index is 1.53. The Kier molecular flexibility index (Phi) is 6.46. The molecule has 2 aromatic carbocycles. The van der Waals surface area contributed by atoms with E-state index in [-0.39, 0.29) is 0 Å². The highest BCUT2D eigenvalue weighted by molar-refractivity contribution is 6.30. The van der Waals surface area contributed by atoms with Gasteiger partial charge in [0, 0.05) is 34.9 Å². The van der Waals surface area contributed by atoms with Gasteiger partial charge >= 0.3 is 7.55 Å². The van der Waals surface area contributed by atoms with Crippen LogP contribution in [0.25, 0.3) is 5.57 Å². The summed E-state index contributed by atoms with van der Waals surface area (Å²) in [5.41, 5.74) is 20.9. The Morgan fingerprint density at radius 3 is 2.58 bits per heavy atom. The Labute approximate surface area is 214 Å². The number of nitrogens with one attached hydrogen (secondary N) is 2. The van der Waals surface area contributed by atoms with Gasteiger partial charge < -0.3 is 21.3 Å². The second-order valence-electron chi connectivity index (χ2n) is 9.80. The predicted octanol–water partition coefficient (Wildman–Crippen LogP) is 4.56. The fourth-order valence-corrected chi connectivity index (χ4v) is 4.70. The number of amidine groups is 1. The Morgan fingerprint density at radius 1 is 1.06 bits per heavy atom. The summed E-state index contributed by atoms with van der Waals surface area (Å²) in [5.74, 6) is 2.49. The SMILES string of the molecule is Cc1ccccc1CNC1=[N+]2[B]n3c(NC=C(N)CC(C)C)ccc3C(c3ccc(N)cc3)=C2C=C1. The van der Waals surface area contributed by atoms with Gasteiger partial charge in [0.05, 0.1) is 0 Å². The maximum atomic E-state index is 6.24. The minimum Gasteiger partial charge on any atom is -0.401 e. The number of allylic oxidation sites excluding steroid dienone is 2. The van der Waals surface area contributed by atoms with E-state index in [9.17, 15) is 0 Å². The van der Waals surface area contributed by atoms with Gasteiger partial charge in [0.15, 0.2) is 0 Å². The Bertz CT molecular complexity index is 1410. The molecule has 3 heterocycles. The van der Waals surface area contributed by atoms with Crippen LogP contribution in [0.4, 0.5) is 11.5 Å². The second-order valence-corrected chi connectivity index (χ2v) is 9.80. The van der Waals surface area contributed by atoms with Crippen molar-refractivity contribution in [1.29, 1.82) is 0 Å². The van der Waals surface area contributed by atoms with Crippen molar-refractivity contribution in [2.24, 2.45) is 11.7 Å². The maximum absolute atomic E-state index is 6.24. The van der Waals surface area contributed by atoms with Crippen LogP contribution in [-0.4, -0.2) is 22.3 Å². The van der Waals surface area contributed by atoms with Crippen molar-refractivity contribution < 1.29 is 4.49 Å². The zero-order chi connectivity index (χ0) is 25.2. The number of hydrogen-bond donors (Lipinski definition) is 4. The lowest BCUT2D eigenvalue weighted by atomic mass is 9.92. The first-order valence-electron chi connectivity index (χ1n) is 12.4. The predicted molar refractivity (Wildman–Crippen MR) is 150 cm³/mol. The molecule has 0 fully saturated rings. The van der Waals surface area contributed by atoms with Gasteiger partial charge in [0.25, 0.3) is 5.84 Å². The van der Waals surface area contributed by atoms with Crippen molar-refractivity contribution in [3.63, 3.8) is 0 Å². The number of aromatic nitrogens is 1.